The van der Waals surface area contributed by atoms with E-state index in [2.05, 4.69) is 0 Å². The fraction of sp³-hybridized carbons (Fsp3) is 0.118. The average Bonchev–Trinajstić information content (AvgIpc) is 2.54. The number of hydrogen-bond acceptors (Lipinski definition) is 5. The molecular weight excluding hydrogens is 314 g/mol. The molecule has 0 aliphatic carbocycles. The van der Waals surface area contributed by atoms with Crippen molar-refractivity contribution in [2.24, 2.45) is 0 Å². The fourth-order valence-corrected chi connectivity index (χ4v) is 2.12. The number of nitro benzene ring substituents is 1. The van der Waals surface area contributed by atoms with Crippen molar-refractivity contribution in [3.63, 3.8) is 0 Å². The largest absolute Gasteiger partial charge is 0.508 e. The first kappa shape index (κ1) is 17.0. The molecule has 2 rings (SSSR count). The van der Waals surface area contributed by atoms with Gasteiger partial charge in [-0.1, -0.05) is 18.2 Å². The number of hydrogen-bond donors (Lipinski definition) is 2. The highest BCUT2D eigenvalue weighted by Crippen LogP contribution is 2.30. The topological polar surface area (TPSA) is 110 Å². The van der Waals surface area contributed by atoms with Gasteiger partial charge < -0.3 is 14.9 Å². The lowest BCUT2D eigenvalue weighted by Crippen LogP contribution is -2.00. The van der Waals surface area contributed by atoms with Gasteiger partial charge in [-0.25, -0.2) is 4.79 Å². The summed E-state index contributed by atoms with van der Waals surface area (Å²) in [5, 5.41) is 29.8. The Morgan fingerprint density at radius 2 is 1.92 bits per heavy atom. The molecule has 0 aliphatic heterocycles. The molecule has 2 N–H and O–H groups in total. The number of phenolic OH excluding ortho intramolecular Hbond substituents is 1. The van der Waals surface area contributed by atoms with Gasteiger partial charge in [0.2, 0.25) is 0 Å². The molecule has 124 valence electrons. The lowest BCUT2D eigenvalue weighted by atomic mass is 10.0. The van der Waals surface area contributed by atoms with E-state index >= 15 is 0 Å². The highest BCUT2D eigenvalue weighted by atomic mass is 16.6. The van der Waals surface area contributed by atoms with Gasteiger partial charge in [-0.3, -0.25) is 10.1 Å². The number of phenols is 1. The van der Waals surface area contributed by atoms with Gasteiger partial charge in [0.15, 0.2) is 5.75 Å². The maximum absolute atomic E-state index is 11.5. The molecule has 2 aromatic carbocycles. The summed E-state index contributed by atoms with van der Waals surface area (Å²) in [6.07, 6.45) is 1.33. The molecule has 0 amide bonds. The molecule has 7 heteroatoms. The molecule has 0 unspecified atom stereocenters. The molecule has 0 aliphatic rings. The summed E-state index contributed by atoms with van der Waals surface area (Å²) in [7, 11) is 0. The van der Waals surface area contributed by atoms with Crippen LogP contribution >= 0.6 is 0 Å². The van der Waals surface area contributed by atoms with Crippen LogP contribution in [0, 0.1) is 10.1 Å². The Bertz CT molecular complexity index is 795. The zero-order valence-corrected chi connectivity index (χ0v) is 12.8. The van der Waals surface area contributed by atoms with Crippen LogP contribution < -0.4 is 4.74 Å². The Hall–Kier alpha value is -3.35. The lowest BCUT2D eigenvalue weighted by Gasteiger charge is -2.06. The van der Waals surface area contributed by atoms with Crippen molar-refractivity contribution in [2.45, 2.75) is 6.92 Å². The van der Waals surface area contributed by atoms with E-state index in [1.54, 1.807) is 13.0 Å². The minimum Gasteiger partial charge on any atom is -0.508 e. The van der Waals surface area contributed by atoms with Crippen LogP contribution in [0.2, 0.25) is 0 Å². The van der Waals surface area contributed by atoms with E-state index < -0.39 is 10.9 Å². The zero-order chi connectivity index (χ0) is 17.7. The number of benzene rings is 2. The molecule has 0 saturated carbocycles. The van der Waals surface area contributed by atoms with Gasteiger partial charge in [-0.2, -0.15) is 0 Å². The number of carboxylic acids is 1. The van der Waals surface area contributed by atoms with E-state index in [1.807, 2.05) is 0 Å². The van der Waals surface area contributed by atoms with E-state index in [0.29, 0.717) is 11.1 Å². The summed E-state index contributed by atoms with van der Waals surface area (Å²) in [4.78, 5) is 22.0. The molecule has 7 nitrogen and oxygen atoms in total. The Kier molecular flexibility index (Phi) is 5.16. The highest BCUT2D eigenvalue weighted by molar-refractivity contribution is 6.20. The minimum absolute atomic E-state index is 0.0141. The SMILES string of the molecule is CCOc1ccc(/C=C(\C(=O)O)c2ccc(O)cc2)cc1[N+](=O)[O-]. The van der Waals surface area contributed by atoms with Crippen LogP contribution in [-0.2, 0) is 4.79 Å². The van der Waals surface area contributed by atoms with Crippen molar-refractivity contribution < 1.29 is 24.7 Å². The normalized spacial score (nSPS) is 11.1. The second kappa shape index (κ2) is 7.28. The van der Waals surface area contributed by atoms with Crippen molar-refractivity contribution in [1.29, 1.82) is 0 Å². The monoisotopic (exact) mass is 329 g/mol. The molecule has 0 bridgehead atoms. The predicted molar refractivity (Wildman–Crippen MR) is 87.9 cm³/mol. The van der Waals surface area contributed by atoms with Crippen molar-refractivity contribution >= 4 is 23.3 Å². The number of nitrogens with zero attached hydrogens (tertiary/aromatic N) is 1. The Labute approximate surface area is 137 Å². The zero-order valence-electron chi connectivity index (χ0n) is 12.8. The summed E-state index contributed by atoms with van der Waals surface area (Å²) in [5.74, 6) is -1.04. The number of carbonyl (C=O) groups is 1. The maximum atomic E-state index is 11.5. The van der Waals surface area contributed by atoms with Crippen molar-refractivity contribution in [3.8, 4) is 11.5 Å². The smallest absolute Gasteiger partial charge is 0.336 e. The predicted octanol–water partition coefficient (Wildman–Crippen LogP) is 3.32. The van der Waals surface area contributed by atoms with E-state index in [9.17, 15) is 25.1 Å². The fourth-order valence-electron chi connectivity index (χ4n) is 2.12. The minimum atomic E-state index is -1.18. The molecule has 0 heterocycles. The summed E-state index contributed by atoms with van der Waals surface area (Å²) < 4.78 is 5.20. The first-order valence-electron chi connectivity index (χ1n) is 7.08. The van der Waals surface area contributed by atoms with Gasteiger partial charge in [0.05, 0.1) is 17.1 Å². The van der Waals surface area contributed by atoms with Gasteiger partial charge in [-0.15, -0.1) is 0 Å². The van der Waals surface area contributed by atoms with Crippen LogP contribution in [0.15, 0.2) is 42.5 Å². The third kappa shape index (κ3) is 3.89. The summed E-state index contributed by atoms with van der Waals surface area (Å²) in [6, 6.07) is 9.88. The van der Waals surface area contributed by atoms with E-state index in [-0.39, 0.29) is 29.4 Å². The summed E-state index contributed by atoms with van der Waals surface area (Å²) in [5.41, 5.74) is 0.446. The lowest BCUT2D eigenvalue weighted by molar-refractivity contribution is -0.385. The van der Waals surface area contributed by atoms with Crippen LogP contribution in [0.25, 0.3) is 11.6 Å². The van der Waals surface area contributed by atoms with Crippen molar-refractivity contribution in [3.05, 3.63) is 63.7 Å². The second-order valence-corrected chi connectivity index (χ2v) is 4.83. The first-order valence-corrected chi connectivity index (χ1v) is 7.08. The molecule has 0 fully saturated rings. The van der Waals surface area contributed by atoms with E-state index in [4.69, 9.17) is 4.74 Å². The highest BCUT2D eigenvalue weighted by Gasteiger charge is 2.17. The maximum Gasteiger partial charge on any atom is 0.336 e. The van der Waals surface area contributed by atoms with Crippen molar-refractivity contribution in [1.82, 2.24) is 0 Å². The Morgan fingerprint density at radius 3 is 2.46 bits per heavy atom. The van der Waals surface area contributed by atoms with Crippen LogP contribution in [0.4, 0.5) is 5.69 Å². The molecule has 0 spiro atoms. The number of nitro groups is 1. The second-order valence-electron chi connectivity index (χ2n) is 4.83. The number of carboxylic acid groups (broad SMARTS) is 1. The van der Waals surface area contributed by atoms with Gasteiger partial charge in [0.1, 0.15) is 5.75 Å². The van der Waals surface area contributed by atoms with Gasteiger partial charge in [0, 0.05) is 6.07 Å². The molecule has 0 atom stereocenters. The molecule has 0 saturated heterocycles. The molecule has 2 aromatic rings. The number of rotatable bonds is 6. The van der Waals surface area contributed by atoms with E-state index in [1.165, 1.54) is 42.5 Å². The van der Waals surface area contributed by atoms with Crippen LogP contribution in [0.3, 0.4) is 0 Å². The van der Waals surface area contributed by atoms with Crippen LogP contribution in [0.1, 0.15) is 18.1 Å². The number of aliphatic carboxylic acids is 1. The third-order valence-electron chi connectivity index (χ3n) is 3.20. The van der Waals surface area contributed by atoms with Gasteiger partial charge in [-0.05, 0) is 42.3 Å². The van der Waals surface area contributed by atoms with Crippen LogP contribution in [-0.4, -0.2) is 27.7 Å². The quantitative estimate of drug-likeness (QED) is 0.364. The molecular formula is C17H15NO6. The average molecular weight is 329 g/mol. The Morgan fingerprint density at radius 1 is 1.25 bits per heavy atom. The third-order valence-corrected chi connectivity index (χ3v) is 3.20. The first-order chi connectivity index (χ1) is 11.4. The van der Waals surface area contributed by atoms with Crippen molar-refractivity contribution in [2.75, 3.05) is 6.61 Å². The van der Waals surface area contributed by atoms with Gasteiger partial charge in [0.25, 0.3) is 0 Å². The summed E-state index contributed by atoms with van der Waals surface area (Å²) in [6.45, 7) is 1.99. The molecule has 0 aromatic heterocycles. The molecule has 0 radical (unpaired) electrons. The van der Waals surface area contributed by atoms with Crippen LogP contribution in [0.5, 0.6) is 11.5 Å². The number of aromatic hydroxyl groups is 1. The summed E-state index contributed by atoms with van der Waals surface area (Å²) >= 11 is 0. The van der Waals surface area contributed by atoms with Gasteiger partial charge >= 0.3 is 11.7 Å². The Balaban J connectivity index is 2.49. The standard InChI is InChI=1S/C17H15NO6/c1-2-24-16-8-3-11(10-15(16)18(22)23)9-14(17(20)21)12-4-6-13(19)7-5-12/h3-10,19H,2H2,1H3,(H,20,21)/b14-9-. The number of ether oxygens (including phenoxy) is 1. The molecule has 24 heavy (non-hydrogen) atoms. The van der Waals surface area contributed by atoms with E-state index in [0.717, 1.165) is 0 Å².